The van der Waals surface area contributed by atoms with Crippen LogP contribution in [0.25, 0.3) is 0 Å². The maximum absolute atomic E-state index is 14.8. The van der Waals surface area contributed by atoms with Crippen molar-refractivity contribution in [1.82, 2.24) is 4.90 Å². The van der Waals surface area contributed by atoms with Crippen LogP contribution in [0.1, 0.15) is 116 Å². The lowest BCUT2D eigenvalue weighted by molar-refractivity contribution is -0.319. The number of carbonyl (C=O) groups excluding carboxylic acids is 3. The number of aliphatic hydroxyl groups excluding tert-OH is 1. The van der Waals surface area contributed by atoms with Crippen LogP contribution in [0.5, 0.6) is 0 Å². The van der Waals surface area contributed by atoms with Gasteiger partial charge in [0, 0.05) is 31.3 Å². The number of hydrogen-bond donors (Lipinski definition) is 3. The first-order chi connectivity index (χ1) is 33.5. The third-order valence-corrected chi connectivity index (χ3v) is 14.9. The van der Waals surface area contributed by atoms with E-state index >= 15 is 0 Å². The number of carbonyl (C=O) groups is 3. The summed E-state index contributed by atoms with van der Waals surface area (Å²) in [5, 5.41) is 38.3. The van der Waals surface area contributed by atoms with Gasteiger partial charge in [-0.15, -0.1) is 6.58 Å². The Bertz CT molecular complexity index is 2090. The second kappa shape index (κ2) is 24.6. The molecule has 0 spiro atoms. The molecule has 3 heterocycles. The summed E-state index contributed by atoms with van der Waals surface area (Å²) in [5.41, 5.74) is -3.74. The molecular formula is C54H80N2O15. The first-order valence-corrected chi connectivity index (χ1v) is 24.9. The summed E-state index contributed by atoms with van der Waals surface area (Å²) < 4.78 is 59.1. The van der Waals surface area contributed by atoms with Gasteiger partial charge in [0.2, 0.25) is 0 Å². The maximum atomic E-state index is 14.8. The zero-order valence-corrected chi connectivity index (χ0v) is 43.9. The third-order valence-electron chi connectivity index (χ3n) is 14.9. The van der Waals surface area contributed by atoms with E-state index in [1.54, 1.807) is 101 Å². The molecule has 5 rings (SSSR count). The molecule has 71 heavy (non-hydrogen) atoms. The minimum atomic E-state index is -2.02. The third kappa shape index (κ3) is 13.3. The summed E-state index contributed by atoms with van der Waals surface area (Å²) in [7, 11) is 5.29. The monoisotopic (exact) mass is 997 g/mol. The van der Waals surface area contributed by atoms with Crippen molar-refractivity contribution < 1.29 is 72.4 Å². The standard InChI is InChI=1S/C54H80N2O15/c1-15-27-64-53(10)29-31(3)42(55-62)33(5)45(57)54(11,61)40(16-2)67-48(58)35(7)43(68-41-30-52(9,63-14)47(36(8)66-41)70-50(60)38-25-21-18-22-26-38)34(6)46(53)71-51-44(39(56(12)13)28-32(4)65-51)69-49(59)37-23-19-17-20-24-37/h15,17-26,31-36,39-41,43-47,51,57,61-62H,1,16,27-30H2,2-14H3/b55-42+/t31-,32-,33+,34+,35-,36+,39+,40-,41?,43+,44-,45-,46-,47+,51+,52-,53+,54-/m1/s1. The molecule has 2 aromatic carbocycles. The van der Waals surface area contributed by atoms with E-state index in [1.165, 1.54) is 14.0 Å². The molecule has 0 amide bonds. The van der Waals surface area contributed by atoms with Crippen molar-refractivity contribution in [3.05, 3.63) is 84.4 Å². The number of esters is 3. The van der Waals surface area contributed by atoms with Crippen LogP contribution in [-0.4, -0.2) is 156 Å². The molecule has 18 atom stereocenters. The molecule has 1 unspecified atom stereocenters. The Morgan fingerprint density at radius 1 is 0.845 bits per heavy atom. The van der Waals surface area contributed by atoms with E-state index in [2.05, 4.69) is 11.7 Å². The summed E-state index contributed by atoms with van der Waals surface area (Å²) in [6, 6.07) is 16.8. The summed E-state index contributed by atoms with van der Waals surface area (Å²) in [4.78, 5) is 44.1. The fourth-order valence-corrected chi connectivity index (χ4v) is 10.8. The van der Waals surface area contributed by atoms with Crippen LogP contribution in [0.4, 0.5) is 0 Å². The summed E-state index contributed by atoms with van der Waals surface area (Å²) in [6.45, 7) is 21.3. The topological polar surface area (TPSA) is 211 Å². The number of cyclic esters (lactones) is 1. The largest absolute Gasteiger partial charge is 0.459 e. The van der Waals surface area contributed by atoms with Gasteiger partial charge >= 0.3 is 17.9 Å². The summed E-state index contributed by atoms with van der Waals surface area (Å²) >= 11 is 0. The van der Waals surface area contributed by atoms with E-state index in [-0.39, 0.29) is 43.7 Å². The number of aliphatic hydroxyl groups is 2. The Kier molecular flexibility index (Phi) is 20.0. The lowest BCUT2D eigenvalue weighted by Crippen LogP contribution is -2.62. The molecule has 0 saturated carbocycles. The highest BCUT2D eigenvalue weighted by atomic mass is 16.7. The van der Waals surface area contributed by atoms with Crippen LogP contribution in [0.3, 0.4) is 0 Å². The van der Waals surface area contributed by atoms with E-state index in [4.69, 9.17) is 42.6 Å². The average molecular weight is 997 g/mol. The van der Waals surface area contributed by atoms with Gasteiger partial charge in [0.15, 0.2) is 24.8 Å². The number of benzene rings is 2. The highest BCUT2D eigenvalue weighted by Gasteiger charge is 2.55. The molecule has 3 aliphatic rings. The van der Waals surface area contributed by atoms with E-state index in [0.717, 1.165) is 0 Å². The number of methoxy groups -OCH3 is 1. The normalized spacial score (nSPS) is 39.2. The number of ether oxygens (including phenoxy) is 9. The molecule has 17 nitrogen and oxygen atoms in total. The molecule has 396 valence electrons. The van der Waals surface area contributed by atoms with E-state index in [0.29, 0.717) is 17.5 Å². The van der Waals surface area contributed by atoms with Gasteiger partial charge < -0.3 is 63.0 Å². The zero-order chi connectivity index (χ0) is 52.6. The Morgan fingerprint density at radius 3 is 1.97 bits per heavy atom. The van der Waals surface area contributed by atoms with Gasteiger partial charge in [0.05, 0.1) is 71.5 Å². The predicted molar refractivity (Wildman–Crippen MR) is 264 cm³/mol. The zero-order valence-electron chi connectivity index (χ0n) is 43.9. The predicted octanol–water partition coefficient (Wildman–Crippen LogP) is 6.99. The van der Waals surface area contributed by atoms with Gasteiger partial charge in [-0.1, -0.05) is 75.3 Å². The van der Waals surface area contributed by atoms with Gasteiger partial charge in [-0.25, -0.2) is 9.59 Å². The van der Waals surface area contributed by atoms with Crippen molar-refractivity contribution in [2.24, 2.45) is 28.8 Å². The van der Waals surface area contributed by atoms with Crippen molar-refractivity contribution in [3.63, 3.8) is 0 Å². The van der Waals surface area contributed by atoms with Crippen LogP contribution < -0.4 is 0 Å². The molecule has 2 aromatic rings. The van der Waals surface area contributed by atoms with E-state index in [9.17, 15) is 29.8 Å². The number of oxime groups is 1. The number of nitrogens with zero attached hydrogens (tertiary/aromatic N) is 2. The number of hydrogen-bond acceptors (Lipinski definition) is 17. The maximum Gasteiger partial charge on any atom is 0.338 e. The molecule has 17 heteroatoms. The Morgan fingerprint density at radius 2 is 1.44 bits per heavy atom. The van der Waals surface area contributed by atoms with E-state index < -0.39 is 114 Å². The lowest BCUT2D eigenvalue weighted by atomic mass is 9.73. The molecular weight excluding hydrogens is 917 g/mol. The first kappa shape index (κ1) is 57.6. The van der Waals surface area contributed by atoms with Crippen LogP contribution in [0, 0.1) is 23.7 Å². The molecule has 3 N–H and O–H groups in total. The van der Waals surface area contributed by atoms with Gasteiger partial charge in [-0.05, 0) is 99.2 Å². The smallest absolute Gasteiger partial charge is 0.338 e. The van der Waals surface area contributed by atoms with Crippen LogP contribution in [0.2, 0.25) is 0 Å². The molecule has 0 bridgehead atoms. The van der Waals surface area contributed by atoms with Gasteiger partial charge in [-0.2, -0.15) is 0 Å². The summed E-state index contributed by atoms with van der Waals surface area (Å²) in [5.74, 6) is -5.48. The fourth-order valence-electron chi connectivity index (χ4n) is 10.8. The molecule has 3 aliphatic heterocycles. The van der Waals surface area contributed by atoms with Crippen molar-refractivity contribution in [2.45, 2.75) is 179 Å². The second-order valence-corrected chi connectivity index (χ2v) is 20.6. The molecule has 3 fully saturated rings. The average Bonchev–Trinajstić information content (AvgIpc) is 3.34. The Hall–Kier alpha value is -4.30. The fraction of sp³-hybridized carbons (Fsp3) is 0.667. The summed E-state index contributed by atoms with van der Waals surface area (Å²) in [6.07, 6.45) is -8.07. The molecule has 0 radical (unpaired) electrons. The van der Waals surface area contributed by atoms with Crippen molar-refractivity contribution >= 4 is 23.6 Å². The van der Waals surface area contributed by atoms with Crippen LogP contribution in [-0.2, 0) is 47.4 Å². The molecule has 0 aliphatic carbocycles. The highest BCUT2D eigenvalue weighted by molar-refractivity contribution is 5.90. The van der Waals surface area contributed by atoms with Crippen LogP contribution in [0.15, 0.2) is 78.5 Å². The van der Waals surface area contributed by atoms with Gasteiger partial charge in [0.25, 0.3) is 0 Å². The first-order valence-electron chi connectivity index (χ1n) is 24.9. The second-order valence-electron chi connectivity index (χ2n) is 20.6. The van der Waals surface area contributed by atoms with Crippen molar-refractivity contribution in [3.8, 4) is 0 Å². The SMILES string of the molecule is C=CCO[C@@]1(C)C[C@@H](C)/C(=N\O)[C@H](C)[C@@H](O)[C@](C)(O)[C@@H](CC)OC(=O)[C@H](C)[C@@H](OC2C[C@@](C)(OC)[C@@H](OC(=O)c3ccccc3)[C@H](C)O2)[C@H](C)[C@H]1O[C@@H]1O[C@H](C)C[C@H](N(C)C)[C@H]1OC(=O)c1ccccc1. The number of likely N-dealkylation sites (N-methyl/N-ethyl adjacent to an activating group) is 1. The molecule has 3 saturated heterocycles. The minimum Gasteiger partial charge on any atom is -0.459 e. The van der Waals surface area contributed by atoms with Gasteiger partial charge in [-0.3, -0.25) is 4.79 Å². The highest BCUT2D eigenvalue weighted by Crippen LogP contribution is 2.43. The van der Waals surface area contributed by atoms with Gasteiger partial charge in [0.1, 0.15) is 17.3 Å². The van der Waals surface area contributed by atoms with Crippen LogP contribution >= 0.6 is 0 Å². The van der Waals surface area contributed by atoms with Crippen molar-refractivity contribution in [1.29, 1.82) is 0 Å². The lowest BCUT2D eigenvalue weighted by Gasteiger charge is -2.50. The number of rotatable bonds is 14. The quantitative estimate of drug-likeness (QED) is 0.0573. The Balaban J connectivity index is 1.68. The van der Waals surface area contributed by atoms with E-state index in [1.807, 2.05) is 46.7 Å². The van der Waals surface area contributed by atoms with Crippen molar-refractivity contribution in [2.75, 3.05) is 27.8 Å². The minimum absolute atomic E-state index is 0.0167. The molecule has 0 aromatic heterocycles. The Labute approximate surface area is 420 Å².